The first-order valence-electron chi connectivity index (χ1n) is 42.5. The van der Waals surface area contributed by atoms with Gasteiger partial charge in [0.2, 0.25) is 0 Å². The van der Waals surface area contributed by atoms with E-state index in [0.717, 1.165) is 182 Å². The van der Waals surface area contributed by atoms with Gasteiger partial charge in [-0.1, -0.05) is 89.7 Å². The van der Waals surface area contributed by atoms with Crippen molar-refractivity contribution in [2.75, 3.05) is 5.73 Å². The van der Waals surface area contributed by atoms with Crippen LogP contribution in [0.1, 0.15) is 180 Å². The summed E-state index contributed by atoms with van der Waals surface area (Å²) in [4.78, 5) is 104. The van der Waals surface area contributed by atoms with Crippen LogP contribution in [0.5, 0.6) is 0 Å². The molecule has 0 bridgehead atoms. The number of ether oxygens (including phenoxy) is 2. The van der Waals surface area contributed by atoms with Crippen LogP contribution in [-0.4, -0.2) is 83.6 Å². The summed E-state index contributed by atoms with van der Waals surface area (Å²) in [6.07, 6.45) is 10.8. The molecule has 0 radical (unpaired) electrons. The summed E-state index contributed by atoms with van der Waals surface area (Å²) in [7, 11) is 0. The first-order valence-corrected chi connectivity index (χ1v) is 45.2. The van der Waals surface area contributed by atoms with E-state index in [4.69, 9.17) is 66.5 Å². The quantitative estimate of drug-likeness (QED) is 0.0117. The number of aromatic nitrogens is 4. The zero-order chi connectivity index (χ0) is 94.9. The zero-order valence-corrected chi connectivity index (χ0v) is 78.9. The third-order valence-corrected chi connectivity index (χ3v) is 21.9. The number of carboxylic acids is 2. The molecule has 1 amide bonds. The van der Waals surface area contributed by atoms with Crippen molar-refractivity contribution in [3.05, 3.63) is 323 Å². The van der Waals surface area contributed by atoms with Crippen LogP contribution in [0.3, 0.4) is 0 Å². The van der Waals surface area contributed by atoms with E-state index in [2.05, 4.69) is 71.3 Å². The highest BCUT2D eigenvalue weighted by Crippen LogP contribution is 2.35. The van der Waals surface area contributed by atoms with Crippen LogP contribution < -0.4 is 11.1 Å². The molecular formula is C105H100Br3ClF4N6O12. The number of unbranched alkanes of at least 4 members (excludes halogenated alkanes) is 4. The number of rotatable bonds is 28. The van der Waals surface area contributed by atoms with Gasteiger partial charge < -0.3 is 30.7 Å². The number of hydrogen-bond donors (Lipinski definition) is 4. The lowest BCUT2D eigenvalue weighted by Gasteiger charge is -2.19. The van der Waals surface area contributed by atoms with Crippen molar-refractivity contribution >= 4 is 151 Å². The number of esters is 2. The lowest BCUT2D eigenvalue weighted by Crippen LogP contribution is -2.26. The highest BCUT2D eigenvalue weighted by molar-refractivity contribution is 9.11. The molecule has 4 aromatic heterocycles. The SMILES string of the molecule is CC(C)(C)OC(=O)CCCCc1cc2cc(Br)ccc2nc1-c1ccc(F)cc1.CC(C)(C)OC(=O)CCCCc1cc2ccccc2nc1-c1ccc(F)cc1.C[C@@H](NC(=O)c1ccc2nc(-c3ccc(F)cc3)c(CCCCC(=O)O)cc2c1)c1ccc(Cl)cc1.Nc1ccc(Br)cc1C=O.O=C(O)CCCCc1cc2cc(Br)ccc2nc1-c1ccc(F)cc1.O=C=O. The molecule has 0 fully saturated rings. The van der Waals surface area contributed by atoms with Gasteiger partial charge in [0.25, 0.3) is 5.91 Å². The highest BCUT2D eigenvalue weighted by Gasteiger charge is 2.22. The summed E-state index contributed by atoms with van der Waals surface area (Å²) >= 11 is 16.2. The number of aryl methyl sites for hydroxylation is 4. The summed E-state index contributed by atoms with van der Waals surface area (Å²) in [5.41, 5.74) is 21.3. The Labute approximate surface area is 788 Å². The number of fused-ring (bicyclic) bond motifs is 4. The van der Waals surface area contributed by atoms with Gasteiger partial charge in [0.1, 0.15) is 34.5 Å². The molecule has 14 aromatic rings. The number of nitrogens with zero attached hydrogens (tertiary/aromatic N) is 4. The number of benzene rings is 10. The lowest BCUT2D eigenvalue weighted by atomic mass is 9.98. The van der Waals surface area contributed by atoms with Crippen LogP contribution in [0.15, 0.2) is 256 Å². The van der Waals surface area contributed by atoms with E-state index >= 15 is 0 Å². The molecule has 0 saturated carbocycles. The monoisotopic (exact) mass is 1980 g/mol. The van der Waals surface area contributed by atoms with E-state index in [0.29, 0.717) is 65.9 Å². The Morgan fingerprint density at radius 3 is 1.10 bits per heavy atom. The Morgan fingerprint density at radius 2 is 0.748 bits per heavy atom. The molecule has 0 aliphatic carbocycles. The predicted molar refractivity (Wildman–Crippen MR) is 517 cm³/mol. The van der Waals surface area contributed by atoms with Gasteiger partial charge in [-0.25, -0.2) is 37.5 Å². The molecule has 0 unspecified atom stereocenters. The van der Waals surface area contributed by atoms with Crippen molar-refractivity contribution in [1.29, 1.82) is 0 Å². The van der Waals surface area contributed by atoms with Crippen molar-refractivity contribution in [1.82, 2.24) is 25.3 Å². The average Bonchev–Trinajstić information content (AvgIpc) is 0.752. The van der Waals surface area contributed by atoms with Crippen LogP contribution >= 0.6 is 59.4 Å². The summed E-state index contributed by atoms with van der Waals surface area (Å²) in [6.45, 7) is 13.2. The second-order valence-corrected chi connectivity index (χ2v) is 36.0. The molecule has 131 heavy (non-hydrogen) atoms. The van der Waals surface area contributed by atoms with Crippen molar-refractivity contribution in [3.63, 3.8) is 0 Å². The number of hydrogen-bond acceptors (Lipinski definition) is 15. The van der Waals surface area contributed by atoms with Crippen molar-refractivity contribution in [3.8, 4) is 45.0 Å². The molecule has 10 aromatic carbocycles. The number of para-hydroxylation sites is 1. The summed E-state index contributed by atoms with van der Waals surface area (Å²) < 4.78 is 67.0. The van der Waals surface area contributed by atoms with E-state index < -0.39 is 23.1 Å². The number of nitrogen functional groups attached to an aromatic ring is 1. The number of carbonyl (C=O) groups is 6. The van der Waals surface area contributed by atoms with Crippen molar-refractivity contribution < 1.29 is 75.6 Å². The number of pyridine rings is 4. The van der Waals surface area contributed by atoms with Gasteiger partial charge in [0.15, 0.2) is 6.29 Å². The first-order chi connectivity index (χ1) is 62.5. The summed E-state index contributed by atoms with van der Waals surface area (Å²) in [6, 6.07) is 71.2. The minimum atomic E-state index is -0.825. The highest BCUT2D eigenvalue weighted by atomic mass is 79.9. The zero-order valence-electron chi connectivity index (χ0n) is 73.4. The number of aliphatic carboxylic acids is 2. The molecule has 14 rings (SSSR count). The van der Waals surface area contributed by atoms with E-state index in [1.807, 2.05) is 127 Å². The topological polar surface area (TPSA) is 285 Å². The number of aldehydes is 1. The second-order valence-electron chi connectivity index (χ2n) is 32.8. The smallest absolute Gasteiger partial charge is 0.373 e. The summed E-state index contributed by atoms with van der Waals surface area (Å²) in [5.74, 6) is -3.28. The molecule has 18 nitrogen and oxygen atoms in total. The van der Waals surface area contributed by atoms with Crippen molar-refractivity contribution in [2.45, 2.75) is 168 Å². The maximum atomic E-state index is 13.5. The number of nitrogens with one attached hydrogen (secondary N) is 1. The van der Waals surface area contributed by atoms with Crippen LogP contribution in [0.2, 0.25) is 5.02 Å². The van der Waals surface area contributed by atoms with E-state index in [9.17, 15) is 46.3 Å². The van der Waals surface area contributed by atoms with Crippen LogP contribution in [0.4, 0.5) is 23.2 Å². The molecule has 678 valence electrons. The Bertz CT molecular complexity index is 6320. The maximum absolute atomic E-state index is 13.5. The third kappa shape index (κ3) is 33.4. The number of nitrogens with two attached hydrogens (primary N) is 1. The van der Waals surface area contributed by atoms with Gasteiger partial charge in [0, 0.05) is 105 Å². The van der Waals surface area contributed by atoms with Crippen LogP contribution in [0.25, 0.3) is 88.6 Å². The number of anilines is 1. The van der Waals surface area contributed by atoms with Crippen molar-refractivity contribution in [2.24, 2.45) is 0 Å². The second kappa shape index (κ2) is 50.0. The van der Waals surface area contributed by atoms with Crippen LogP contribution in [-0.2, 0) is 63.9 Å². The fourth-order valence-electron chi connectivity index (χ4n) is 14.0. The minimum absolute atomic E-state index is 0.100. The van der Waals surface area contributed by atoms with E-state index in [1.54, 1.807) is 97.1 Å². The fraction of sp³-hybridized carbons (Fsp3) is 0.248. The van der Waals surface area contributed by atoms with Crippen LogP contribution in [0, 0.1) is 23.3 Å². The Morgan fingerprint density at radius 1 is 0.427 bits per heavy atom. The lowest BCUT2D eigenvalue weighted by molar-refractivity contribution is -0.192. The number of halogens is 8. The molecule has 0 saturated heterocycles. The Hall–Kier alpha value is -12.5. The van der Waals surface area contributed by atoms with E-state index in [-0.39, 0.29) is 66.1 Å². The molecular weight excluding hydrogens is 1890 g/mol. The Balaban J connectivity index is 0.000000189. The molecule has 5 N–H and O–H groups in total. The molecule has 0 aliphatic heterocycles. The Kier molecular flexibility index (Phi) is 39.1. The third-order valence-electron chi connectivity index (χ3n) is 20.2. The van der Waals surface area contributed by atoms with Gasteiger partial charge in [-0.15, -0.1) is 0 Å². The number of amides is 1. The van der Waals surface area contributed by atoms with Gasteiger partial charge in [-0.05, 0) is 366 Å². The summed E-state index contributed by atoms with van der Waals surface area (Å²) in [5, 5.41) is 25.3. The molecule has 0 aliphatic rings. The largest absolute Gasteiger partial charge is 0.481 e. The number of carboxylic acid groups (broad SMARTS) is 2. The van der Waals surface area contributed by atoms with E-state index in [1.165, 1.54) is 48.5 Å². The molecule has 0 spiro atoms. The molecule has 4 heterocycles. The minimum Gasteiger partial charge on any atom is -0.481 e. The van der Waals surface area contributed by atoms with Gasteiger partial charge in [-0.3, -0.25) is 28.8 Å². The first kappa shape index (κ1) is 102. The van der Waals surface area contributed by atoms with Gasteiger partial charge in [-0.2, -0.15) is 9.59 Å². The maximum Gasteiger partial charge on any atom is 0.373 e. The molecule has 1 atom stereocenters. The van der Waals surface area contributed by atoms with Gasteiger partial charge in [0.05, 0.1) is 50.9 Å². The normalized spacial score (nSPS) is 11.2. The number of carbonyl (C=O) groups excluding carboxylic acids is 6. The standard InChI is InChI=1S/C29H26ClFN2O3.C24H25BrFNO2.C24H26FNO2.C20H17BrFNO2.C7H6BrNO.CO2/c1-18(19-6-11-24(30)12-7-19)32-29(36)22-10-15-26-23(17-22)16-21(4-2-3-5-27(34)35)28(33-26)20-8-13-25(31)14-9-20;1-24(2,3)29-22(28)7-5-4-6-17-14-18-15-19(25)10-13-21(18)27-23(17)16-8-11-20(26)12-9-16;1-24(2,3)28-22(27)11-7-5-9-19-16-18-8-4-6-10-21(18)26-23(19)17-12-14-20(25)15-13-17;21-16-7-10-18-15(12-16)11-14(3-1-2-4-19(24)25)20(23-18)13-5-8-17(22)9-6-13;8-6-1-2-7(9)5(3-6)4-10;2-1-3/h6-18H,2-5H2,1H3,(H,32,36)(H,34,35);8-15H,4-7H2,1-3H3;4,6,8,10,12-16H,5,7,9,11H2,1-3H3;5-12H,1-4H2,(H,24,25);1-4H,9H2;/t18-;;;;;/m1...../s1. The van der Waals surface area contributed by atoms with Gasteiger partial charge >= 0.3 is 30.0 Å². The average molecular weight is 1990 g/mol. The molecule has 26 heteroatoms. The fourth-order valence-corrected chi connectivity index (χ4v) is 15.3. The predicted octanol–water partition coefficient (Wildman–Crippen LogP) is 26.8.